The largest absolute Gasteiger partial charge is 0.418 e. The summed E-state index contributed by atoms with van der Waals surface area (Å²) in [6, 6.07) is 0.00502. The Bertz CT molecular complexity index is 376. The van der Waals surface area contributed by atoms with Crippen LogP contribution in [0.1, 0.15) is 49.6 Å². The summed E-state index contributed by atoms with van der Waals surface area (Å²) >= 11 is 4.27. The van der Waals surface area contributed by atoms with E-state index >= 15 is 0 Å². The van der Waals surface area contributed by atoms with Gasteiger partial charge in [-0.05, 0) is 28.9 Å². The van der Waals surface area contributed by atoms with Gasteiger partial charge < -0.3 is 5.32 Å². The normalized spacial score (nSPS) is 13.9. The molecule has 1 aromatic rings. The first-order valence-electron chi connectivity index (χ1n) is 5.99. The number of hydrogen-bond donors (Lipinski definition) is 1. The molecule has 1 heterocycles. The minimum absolute atomic E-state index is 0.00502. The maximum Gasteiger partial charge on any atom is 0.418 e. The molecule has 1 unspecified atom stereocenters. The molecular formula is C12H17BrF3NS. The Morgan fingerprint density at radius 1 is 1.39 bits per heavy atom. The van der Waals surface area contributed by atoms with E-state index in [1.807, 2.05) is 6.92 Å². The topological polar surface area (TPSA) is 12.0 Å². The van der Waals surface area contributed by atoms with Gasteiger partial charge in [-0.25, -0.2) is 0 Å². The van der Waals surface area contributed by atoms with Crippen molar-refractivity contribution in [2.24, 2.45) is 0 Å². The van der Waals surface area contributed by atoms with Gasteiger partial charge in [-0.15, -0.1) is 11.3 Å². The fraction of sp³-hybridized carbons (Fsp3) is 0.667. The molecule has 0 fully saturated rings. The van der Waals surface area contributed by atoms with E-state index in [-0.39, 0.29) is 10.5 Å². The van der Waals surface area contributed by atoms with Gasteiger partial charge in [0.2, 0.25) is 0 Å². The number of unbranched alkanes of at least 4 members (excludes halogenated alkanes) is 1. The molecule has 0 aromatic carbocycles. The molecule has 0 saturated heterocycles. The summed E-state index contributed by atoms with van der Waals surface area (Å²) < 4.78 is 38.4. The lowest BCUT2D eigenvalue weighted by Crippen LogP contribution is -2.20. The van der Waals surface area contributed by atoms with Crippen LogP contribution in [0.4, 0.5) is 13.2 Å². The Kier molecular flexibility index (Phi) is 6.14. The summed E-state index contributed by atoms with van der Waals surface area (Å²) in [4.78, 5) is 0.748. The van der Waals surface area contributed by atoms with Crippen molar-refractivity contribution in [1.82, 2.24) is 5.32 Å². The van der Waals surface area contributed by atoms with E-state index in [4.69, 9.17) is 0 Å². The van der Waals surface area contributed by atoms with E-state index in [2.05, 4.69) is 28.2 Å². The number of halogens is 4. The van der Waals surface area contributed by atoms with E-state index < -0.39 is 11.7 Å². The molecule has 18 heavy (non-hydrogen) atoms. The predicted molar refractivity (Wildman–Crippen MR) is 73.0 cm³/mol. The van der Waals surface area contributed by atoms with Gasteiger partial charge in [0.15, 0.2) is 0 Å². The lowest BCUT2D eigenvalue weighted by atomic mass is 10.1. The molecule has 0 spiro atoms. The van der Waals surface area contributed by atoms with Crippen molar-refractivity contribution in [3.8, 4) is 0 Å². The first-order chi connectivity index (χ1) is 8.41. The third-order valence-corrected chi connectivity index (χ3v) is 4.89. The average Bonchev–Trinajstić information content (AvgIpc) is 2.66. The smallest absolute Gasteiger partial charge is 0.309 e. The second-order valence-corrected chi connectivity index (χ2v) is 5.78. The van der Waals surface area contributed by atoms with Crippen LogP contribution in [0.2, 0.25) is 0 Å². The molecule has 104 valence electrons. The highest BCUT2D eigenvalue weighted by molar-refractivity contribution is 9.10. The van der Waals surface area contributed by atoms with Crippen molar-refractivity contribution < 1.29 is 13.2 Å². The zero-order chi connectivity index (χ0) is 13.8. The standard InChI is InChI=1S/C12H17BrF3NS/c1-3-5-6-9(17-4-2)11-10(13)8(7-18-11)12(14,15)16/h7,9,17H,3-6H2,1-2H3. The zero-order valence-corrected chi connectivity index (χ0v) is 12.8. The predicted octanol–water partition coefficient (Wildman–Crippen LogP) is 5.37. The Balaban J connectivity index is 2.95. The molecule has 0 aliphatic heterocycles. The van der Waals surface area contributed by atoms with Crippen molar-refractivity contribution in [2.75, 3.05) is 6.54 Å². The van der Waals surface area contributed by atoms with Crippen LogP contribution in [0.5, 0.6) is 0 Å². The summed E-state index contributed by atoms with van der Waals surface area (Å²) in [5.74, 6) is 0. The van der Waals surface area contributed by atoms with Gasteiger partial charge in [0.25, 0.3) is 0 Å². The van der Waals surface area contributed by atoms with E-state index in [1.165, 1.54) is 16.7 Å². The highest BCUT2D eigenvalue weighted by Crippen LogP contribution is 2.43. The monoisotopic (exact) mass is 343 g/mol. The quantitative estimate of drug-likeness (QED) is 0.732. The lowest BCUT2D eigenvalue weighted by Gasteiger charge is -2.17. The van der Waals surface area contributed by atoms with Gasteiger partial charge in [0, 0.05) is 20.8 Å². The molecule has 1 rings (SSSR count). The third-order valence-electron chi connectivity index (χ3n) is 2.68. The van der Waals surface area contributed by atoms with E-state index in [0.717, 1.165) is 30.7 Å². The third kappa shape index (κ3) is 3.96. The highest BCUT2D eigenvalue weighted by atomic mass is 79.9. The molecule has 1 aromatic heterocycles. The SMILES string of the molecule is CCCCC(NCC)c1scc(C(F)(F)F)c1Br. The van der Waals surface area contributed by atoms with Crippen LogP contribution in [0.15, 0.2) is 9.85 Å². The second-order valence-electron chi connectivity index (χ2n) is 4.08. The molecule has 1 atom stereocenters. The average molecular weight is 344 g/mol. The van der Waals surface area contributed by atoms with Gasteiger partial charge >= 0.3 is 6.18 Å². The Hall–Kier alpha value is -0.0700. The van der Waals surface area contributed by atoms with Crippen molar-refractivity contribution >= 4 is 27.3 Å². The van der Waals surface area contributed by atoms with Gasteiger partial charge in [-0.2, -0.15) is 13.2 Å². The lowest BCUT2D eigenvalue weighted by molar-refractivity contribution is -0.137. The van der Waals surface area contributed by atoms with Gasteiger partial charge in [0.1, 0.15) is 0 Å². The number of rotatable bonds is 6. The van der Waals surface area contributed by atoms with Crippen molar-refractivity contribution in [3.63, 3.8) is 0 Å². The molecule has 1 N–H and O–H groups in total. The summed E-state index contributed by atoms with van der Waals surface area (Å²) in [5.41, 5.74) is -0.568. The molecule has 0 bridgehead atoms. The fourth-order valence-electron chi connectivity index (χ4n) is 1.77. The summed E-state index contributed by atoms with van der Waals surface area (Å²) in [5, 5.41) is 4.44. The van der Waals surface area contributed by atoms with Crippen molar-refractivity contribution in [1.29, 1.82) is 0 Å². The van der Waals surface area contributed by atoms with Crippen LogP contribution in [0, 0.1) is 0 Å². The summed E-state index contributed by atoms with van der Waals surface area (Å²) in [6.07, 6.45) is -1.38. The van der Waals surface area contributed by atoms with Crippen LogP contribution in [-0.4, -0.2) is 6.54 Å². The molecule has 0 amide bonds. The molecule has 0 aliphatic carbocycles. The number of thiophene rings is 1. The highest BCUT2D eigenvalue weighted by Gasteiger charge is 2.36. The molecule has 1 nitrogen and oxygen atoms in total. The van der Waals surface area contributed by atoms with Crippen LogP contribution < -0.4 is 5.32 Å². The van der Waals surface area contributed by atoms with Gasteiger partial charge in [-0.1, -0.05) is 26.7 Å². The second kappa shape index (κ2) is 6.91. The van der Waals surface area contributed by atoms with Crippen LogP contribution in [0.3, 0.4) is 0 Å². The van der Waals surface area contributed by atoms with Crippen LogP contribution >= 0.6 is 27.3 Å². The maximum atomic E-state index is 12.7. The Morgan fingerprint density at radius 2 is 2.06 bits per heavy atom. The minimum atomic E-state index is -4.28. The van der Waals surface area contributed by atoms with E-state index in [0.29, 0.717) is 0 Å². The van der Waals surface area contributed by atoms with Gasteiger partial charge in [0.05, 0.1) is 5.56 Å². The Labute approximate surface area is 118 Å². The Morgan fingerprint density at radius 3 is 2.50 bits per heavy atom. The van der Waals surface area contributed by atoms with Crippen molar-refractivity contribution in [3.05, 3.63) is 20.3 Å². The number of hydrogen-bond acceptors (Lipinski definition) is 2. The molecular weight excluding hydrogens is 327 g/mol. The molecule has 6 heteroatoms. The van der Waals surface area contributed by atoms with Gasteiger partial charge in [-0.3, -0.25) is 0 Å². The van der Waals surface area contributed by atoms with E-state index in [1.54, 1.807) is 0 Å². The molecule has 0 saturated carbocycles. The first kappa shape index (κ1) is 16.0. The van der Waals surface area contributed by atoms with Crippen molar-refractivity contribution in [2.45, 2.75) is 45.3 Å². The molecule has 0 radical (unpaired) electrons. The maximum absolute atomic E-state index is 12.7. The number of nitrogens with one attached hydrogen (secondary N) is 1. The fourth-order valence-corrected chi connectivity index (χ4v) is 3.89. The minimum Gasteiger partial charge on any atom is -0.309 e. The summed E-state index contributed by atoms with van der Waals surface area (Å²) in [7, 11) is 0. The summed E-state index contributed by atoms with van der Waals surface area (Å²) in [6.45, 7) is 4.79. The first-order valence-corrected chi connectivity index (χ1v) is 7.66. The van der Waals surface area contributed by atoms with Crippen LogP contribution in [-0.2, 0) is 6.18 Å². The number of alkyl halides is 3. The zero-order valence-electron chi connectivity index (χ0n) is 10.4. The molecule has 0 aliphatic rings. The van der Waals surface area contributed by atoms with Crippen LogP contribution in [0.25, 0.3) is 0 Å². The van der Waals surface area contributed by atoms with E-state index in [9.17, 15) is 13.2 Å².